The second kappa shape index (κ2) is 5.23. The molecule has 0 bridgehead atoms. The van der Waals surface area contributed by atoms with E-state index in [1.807, 2.05) is 29.3 Å². The van der Waals surface area contributed by atoms with Gasteiger partial charge in [-0.2, -0.15) is 0 Å². The molecule has 1 aromatic rings. The molecule has 0 saturated carbocycles. The molecule has 1 aromatic heterocycles. The van der Waals surface area contributed by atoms with Crippen molar-refractivity contribution in [3.8, 4) is 0 Å². The molecule has 3 rings (SSSR count). The molecule has 0 N–H and O–H groups in total. The molecule has 19 heavy (non-hydrogen) atoms. The van der Waals surface area contributed by atoms with Crippen LogP contribution in [-0.2, 0) is 9.47 Å². The lowest BCUT2D eigenvalue weighted by molar-refractivity contribution is -0.127. The van der Waals surface area contributed by atoms with E-state index in [4.69, 9.17) is 9.47 Å². The van der Waals surface area contributed by atoms with Crippen molar-refractivity contribution >= 4 is 17.2 Å². The van der Waals surface area contributed by atoms with Gasteiger partial charge in [-0.25, -0.2) is 0 Å². The summed E-state index contributed by atoms with van der Waals surface area (Å²) in [5.74, 6) is 0.561. The average molecular weight is 281 g/mol. The Labute approximate surface area is 117 Å². The Kier molecular flexibility index (Phi) is 3.60. The molecule has 0 aromatic carbocycles. The summed E-state index contributed by atoms with van der Waals surface area (Å²) in [7, 11) is 0. The molecular weight excluding hydrogens is 262 g/mol. The summed E-state index contributed by atoms with van der Waals surface area (Å²) in [6.45, 7) is 5.71. The smallest absolute Gasteiger partial charge is 0.264 e. The van der Waals surface area contributed by atoms with E-state index in [9.17, 15) is 4.79 Å². The van der Waals surface area contributed by atoms with Crippen LogP contribution in [0.5, 0.6) is 0 Å². The van der Waals surface area contributed by atoms with Gasteiger partial charge in [0.1, 0.15) is 5.60 Å². The van der Waals surface area contributed by atoms with Gasteiger partial charge in [0.25, 0.3) is 5.91 Å². The number of carbonyl (C=O) groups excluding carboxylic acids is 1. The van der Waals surface area contributed by atoms with Crippen LogP contribution in [0, 0.1) is 5.92 Å². The first kappa shape index (κ1) is 13.1. The summed E-state index contributed by atoms with van der Waals surface area (Å²) in [6.07, 6.45) is 1.04. The Morgan fingerprint density at radius 1 is 1.63 bits per heavy atom. The van der Waals surface area contributed by atoms with E-state index in [1.165, 1.54) is 11.3 Å². The van der Waals surface area contributed by atoms with Crippen LogP contribution in [0.1, 0.15) is 23.0 Å². The van der Waals surface area contributed by atoms with E-state index in [1.54, 1.807) is 0 Å². The molecule has 5 heteroatoms. The lowest BCUT2D eigenvalue weighted by atomic mass is 9.81. The van der Waals surface area contributed by atoms with Crippen molar-refractivity contribution in [1.82, 2.24) is 4.90 Å². The second-order valence-corrected chi connectivity index (χ2v) is 6.14. The first-order valence-electron chi connectivity index (χ1n) is 6.79. The van der Waals surface area contributed by atoms with Gasteiger partial charge in [0.15, 0.2) is 0 Å². The number of carbonyl (C=O) groups is 1. The number of ether oxygens (including phenoxy) is 2. The molecule has 4 nitrogen and oxygen atoms in total. The van der Waals surface area contributed by atoms with Crippen molar-refractivity contribution in [2.45, 2.75) is 18.9 Å². The van der Waals surface area contributed by atoms with Gasteiger partial charge >= 0.3 is 0 Å². The van der Waals surface area contributed by atoms with Crippen molar-refractivity contribution in [3.63, 3.8) is 0 Å². The van der Waals surface area contributed by atoms with E-state index in [0.29, 0.717) is 19.0 Å². The molecule has 2 fully saturated rings. The predicted octanol–water partition coefficient (Wildman–Crippen LogP) is 2.02. The highest BCUT2D eigenvalue weighted by Gasteiger charge is 2.54. The zero-order valence-corrected chi connectivity index (χ0v) is 11.9. The van der Waals surface area contributed by atoms with Crippen LogP contribution in [-0.4, -0.2) is 49.3 Å². The minimum Gasteiger partial charge on any atom is -0.381 e. The maximum Gasteiger partial charge on any atom is 0.264 e. The standard InChI is InChI=1S/C14H19NO3S/c1-2-17-8-11-5-6-18-14(11)9-15(10-14)13(16)12-4-3-7-19-12/h3-4,7,11H,2,5-6,8-10H2,1H3. The molecule has 1 amide bonds. The molecule has 0 radical (unpaired) electrons. The fraction of sp³-hybridized carbons (Fsp3) is 0.643. The summed E-state index contributed by atoms with van der Waals surface area (Å²) in [4.78, 5) is 14.9. The normalized spacial score (nSPS) is 24.7. The highest BCUT2D eigenvalue weighted by molar-refractivity contribution is 7.12. The van der Waals surface area contributed by atoms with E-state index in [-0.39, 0.29) is 11.5 Å². The number of nitrogens with zero attached hydrogens (tertiary/aromatic N) is 1. The maximum atomic E-state index is 12.2. The number of hydrogen-bond acceptors (Lipinski definition) is 4. The van der Waals surface area contributed by atoms with Crippen LogP contribution in [0.3, 0.4) is 0 Å². The summed E-state index contributed by atoms with van der Waals surface area (Å²) < 4.78 is 11.4. The van der Waals surface area contributed by atoms with Gasteiger partial charge in [0.2, 0.25) is 0 Å². The van der Waals surface area contributed by atoms with Crippen LogP contribution >= 0.6 is 11.3 Å². The molecule has 1 spiro atoms. The SMILES string of the molecule is CCOCC1CCOC12CN(C(=O)c1cccs1)C2. The van der Waals surface area contributed by atoms with E-state index in [0.717, 1.165) is 31.1 Å². The van der Waals surface area contributed by atoms with Crippen LogP contribution < -0.4 is 0 Å². The third kappa shape index (κ3) is 2.30. The minimum absolute atomic E-state index is 0.131. The first-order chi connectivity index (χ1) is 9.25. The van der Waals surface area contributed by atoms with Gasteiger partial charge in [-0.05, 0) is 24.8 Å². The molecule has 0 aliphatic carbocycles. The van der Waals surface area contributed by atoms with Crippen molar-refractivity contribution in [3.05, 3.63) is 22.4 Å². The van der Waals surface area contributed by atoms with Gasteiger partial charge in [0.05, 0.1) is 24.6 Å². The molecule has 104 valence electrons. The molecule has 3 heterocycles. The molecular formula is C14H19NO3S. The zero-order valence-electron chi connectivity index (χ0n) is 11.1. The summed E-state index contributed by atoms with van der Waals surface area (Å²) in [5.41, 5.74) is -0.137. The van der Waals surface area contributed by atoms with E-state index in [2.05, 4.69) is 0 Å². The van der Waals surface area contributed by atoms with Gasteiger partial charge in [0, 0.05) is 19.1 Å². The summed E-state index contributed by atoms with van der Waals surface area (Å²) >= 11 is 1.50. The highest BCUT2D eigenvalue weighted by atomic mass is 32.1. The fourth-order valence-corrected chi connectivity index (χ4v) is 3.62. The van der Waals surface area contributed by atoms with Crippen molar-refractivity contribution in [1.29, 1.82) is 0 Å². The van der Waals surface area contributed by atoms with Gasteiger partial charge in [-0.3, -0.25) is 4.79 Å². The second-order valence-electron chi connectivity index (χ2n) is 5.20. The van der Waals surface area contributed by atoms with E-state index < -0.39 is 0 Å². The number of thiophene rings is 1. The summed E-state index contributed by atoms with van der Waals surface area (Å²) in [6, 6.07) is 3.79. The maximum absolute atomic E-state index is 12.2. The largest absolute Gasteiger partial charge is 0.381 e. The highest BCUT2D eigenvalue weighted by Crippen LogP contribution is 2.40. The van der Waals surface area contributed by atoms with Crippen LogP contribution in [0.2, 0.25) is 0 Å². The Bertz CT molecular complexity index is 440. The van der Waals surface area contributed by atoms with Gasteiger partial charge in [-0.15, -0.1) is 11.3 Å². The summed E-state index contributed by atoms with van der Waals surface area (Å²) in [5, 5.41) is 1.94. The fourth-order valence-electron chi connectivity index (χ4n) is 2.93. The molecule has 2 saturated heterocycles. The minimum atomic E-state index is -0.137. The molecule has 2 aliphatic heterocycles. The quantitative estimate of drug-likeness (QED) is 0.847. The lowest BCUT2D eigenvalue weighted by Crippen LogP contribution is -2.66. The first-order valence-corrected chi connectivity index (χ1v) is 7.67. The average Bonchev–Trinajstić information content (AvgIpc) is 3.02. The van der Waals surface area contributed by atoms with Gasteiger partial charge in [-0.1, -0.05) is 6.07 Å². The van der Waals surface area contributed by atoms with Crippen molar-refractivity contribution in [2.75, 3.05) is 32.9 Å². The predicted molar refractivity (Wildman–Crippen MR) is 73.5 cm³/mol. The third-order valence-electron chi connectivity index (χ3n) is 4.06. The zero-order chi connectivity index (χ0) is 13.3. The monoisotopic (exact) mass is 281 g/mol. The molecule has 1 atom stereocenters. The molecule has 2 aliphatic rings. The van der Waals surface area contributed by atoms with Crippen LogP contribution in [0.4, 0.5) is 0 Å². The van der Waals surface area contributed by atoms with Gasteiger partial charge < -0.3 is 14.4 Å². The van der Waals surface area contributed by atoms with Crippen LogP contribution in [0.15, 0.2) is 17.5 Å². The lowest BCUT2D eigenvalue weighted by Gasteiger charge is -2.50. The Morgan fingerprint density at radius 3 is 3.16 bits per heavy atom. The van der Waals surface area contributed by atoms with E-state index >= 15 is 0 Å². The van der Waals surface area contributed by atoms with Crippen molar-refractivity contribution < 1.29 is 14.3 Å². The van der Waals surface area contributed by atoms with Crippen molar-refractivity contribution in [2.24, 2.45) is 5.92 Å². The third-order valence-corrected chi connectivity index (χ3v) is 4.92. The Hall–Kier alpha value is -0.910. The number of likely N-dealkylation sites (tertiary alicyclic amines) is 1. The Morgan fingerprint density at radius 2 is 2.47 bits per heavy atom. The number of amides is 1. The topological polar surface area (TPSA) is 38.8 Å². The number of rotatable bonds is 4. The van der Waals surface area contributed by atoms with Crippen LogP contribution in [0.25, 0.3) is 0 Å². The molecule has 1 unspecified atom stereocenters. The number of hydrogen-bond donors (Lipinski definition) is 0. The Balaban J connectivity index is 1.60.